The maximum Gasteiger partial charge on any atom is 0.263 e. The molecule has 4 rings (SSSR count). The molecule has 0 atom stereocenters. The largest absolute Gasteiger partial charge is 0.494 e. The van der Waals surface area contributed by atoms with E-state index in [1.54, 1.807) is 24.1 Å². The molecule has 1 saturated carbocycles. The number of ether oxygens (including phenoxy) is 1. The number of methoxy groups -OCH3 is 1. The van der Waals surface area contributed by atoms with Gasteiger partial charge in [-0.3, -0.25) is 14.2 Å². The molecular weight excluding hydrogens is 461 g/mol. The van der Waals surface area contributed by atoms with Crippen LogP contribution in [0.5, 0.6) is 5.75 Å². The summed E-state index contributed by atoms with van der Waals surface area (Å²) >= 11 is 2.83. The quantitative estimate of drug-likeness (QED) is 0.342. The second kappa shape index (κ2) is 9.85. The molecule has 1 aromatic carbocycles. The Morgan fingerprint density at radius 2 is 2.06 bits per heavy atom. The average molecular weight is 490 g/mol. The van der Waals surface area contributed by atoms with Crippen LogP contribution in [0.4, 0.5) is 4.39 Å². The summed E-state index contributed by atoms with van der Waals surface area (Å²) < 4.78 is 20.8. The summed E-state index contributed by atoms with van der Waals surface area (Å²) in [6, 6.07) is 4.81. The first-order chi connectivity index (χ1) is 15.8. The highest BCUT2D eigenvalue weighted by Gasteiger charge is 2.25. The molecule has 1 aliphatic carbocycles. The van der Waals surface area contributed by atoms with E-state index in [0.29, 0.717) is 16.1 Å². The number of fused-ring (bicyclic) bond motifs is 1. The number of amides is 1. The van der Waals surface area contributed by atoms with Gasteiger partial charge in [0.25, 0.3) is 5.56 Å². The molecule has 1 aliphatic rings. The molecule has 6 nitrogen and oxygen atoms in total. The highest BCUT2D eigenvalue weighted by molar-refractivity contribution is 7.99. The Morgan fingerprint density at radius 3 is 2.73 bits per heavy atom. The molecule has 0 aliphatic heterocycles. The lowest BCUT2D eigenvalue weighted by molar-refractivity contribution is -0.127. The van der Waals surface area contributed by atoms with E-state index in [1.807, 2.05) is 18.4 Å². The standard InChI is InChI=1S/C24H28FN3O3S2/c1-14-15(2)33-22-21(14)23(30)28(17-7-5-6-8-17)24(26-22)32-13-20(29)27(3)12-16-9-10-19(31-4)18(25)11-16/h9-11,17H,5-8,12-13H2,1-4H3. The zero-order valence-electron chi connectivity index (χ0n) is 19.3. The van der Waals surface area contributed by atoms with Crippen molar-refractivity contribution in [3.8, 4) is 5.75 Å². The third-order valence-corrected chi connectivity index (χ3v) is 8.32. The summed E-state index contributed by atoms with van der Waals surface area (Å²) in [6.07, 6.45) is 4.11. The van der Waals surface area contributed by atoms with Crippen LogP contribution in [0.15, 0.2) is 28.2 Å². The van der Waals surface area contributed by atoms with Crippen molar-refractivity contribution in [1.82, 2.24) is 14.5 Å². The van der Waals surface area contributed by atoms with Crippen LogP contribution in [0.1, 0.15) is 47.7 Å². The van der Waals surface area contributed by atoms with Crippen molar-refractivity contribution in [3.05, 3.63) is 50.4 Å². The number of benzene rings is 1. The third kappa shape index (κ3) is 4.80. The SMILES string of the molecule is COc1ccc(CN(C)C(=O)CSc2nc3sc(C)c(C)c3c(=O)n2C2CCCC2)cc1F. The molecule has 0 bridgehead atoms. The first kappa shape index (κ1) is 23.8. The number of aryl methyl sites for hydroxylation is 2. The maximum absolute atomic E-state index is 14.0. The minimum Gasteiger partial charge on any atom is -0.494 e. The van der Waals surface area contributed by atoms with Crippen molar-refractivity contribution in [2.75, 3.05) is 19.9 Å². The van der Waals surface area contributed by atoms with Crippen molar-refractivity contribution in [2.24, 2.45) is 0 Å². The van der Waals surface area contributed by atoms with E-state index in [1.165, 1.54) is 36.3 Å². The average Bonchev–Trinajstić information content (AvgIpc) is 3.40. The third-order valence-electron chi connectivity index (χ3n) is 6.28. The van der Waals surface area contributed by atoms with Gasteiger partial charge in [-0.2, -0.15) is 0 Å². The molecule has 2 heterocycles. The molecule has 2 aromatic heterocycles. The van der Waals surface area contributed by atoms with Gasteiger partial charge in [-0.25, -0.2) is 9.37 Å². The van der Waals surface area contributed by atoms with E-state index in [9.17, 15) is 14.0 Å². The maximum atomic E-state index is 14.0. The van der Waals surface area contributed by atoms with Crippen LogP contribution in [0, 0.1) is 19.7 Å². The van der Waals surface area contributed by atoms with E-state index in [2.05, 4.69) is 0 Å². The Kier molecular flexibility index (Phi) is 7.09. The molecule has 0 unspecified atom stereocenters. The number of carbonyl (C=O) groups is 1. The monoisotopic (exact) mass is 489 g/mol. The van der Waals surface area contributed by atoms with Crippen LogP contribution >= 0.6 is 23.1 Å². The Morgan fingerprint density at radius 1 is 1.33 bits per heavy atom. The van der Waals surface area contributed by atoms with Gasteiger partial charge in [-0.1, -0.05) is 30.7 Å². The number of thioether (sulfide) groups is 1. The highest BCUT2D eigenvalue weighted by atomic mass is 32.2. The predicted molar refractivity (Wildman–Crippen MR) is 131 cm³/mol. The topological polar surface area (TPSA) is 64.4 Å². The lowest BCUT2D eigenvalue weighted by Crippen LogP contribution is -2.29. The lowest BCUT2D eigenvalue weighted by Gasteiger charge is -2.20. The van der Waals surface area contributed by atoms with Gasteiger partial charge >= 0.3 is 0 Å². The number of aromatic nitrogens is 2. The van der Waals surface area contributed by atoms with Crippen LogP contribution in [-0.4, -0.2) is 40.3 Å². The Bertz CT molecular complexity index is 1250. The fourth-order valence-electron chi connectivity index (χ4n) is 4.28. The number of hydrogen-bond acceptors (Lipinski definition) is 6. The van der Waals surface area contributed by atoms with Gasteiger partial charge < -0.3 is 9.64 Å². The minimum atomic E-state index is -0.454. The fraction of sp³-hybridized carbons (Fsp3) is 0.458. The van der Waals surface area contributed by atoms with Crippen LogP contribution in [-0.2, 0) is 11.3 Å². The van der Waals surface area contributed by atoms with Gasteiger partial charge in [0.15, 0.2) is 16.7 Å². The van der Waals surface area contributed by atoms with E-state index in [0.717, 1.165) is 41.0 Å². The van der Waals surface area contributed by atoms with E-state index in [4.69, 9.17) is 9.72 Å². The molecule has 0 radical (unpaired) electrons. The molecule has 176 valence electrons. The highest BCUT2D eigenvalue weighted by Crippen LogP contribution is 2.34. The van der Waals surface area contributed by atoms with Gasteiger partial charge in [0.2, 0.25) is 5.91 Å². The van der Waals surface area contributed by atoms with Crippen molar-refractivity contribution < 1.29 is 13.9 Å². The summed E-state index contributed by atoms with van der Waals surface area (Å²) in [5.74, 6) is -0.232. The smallest absolute Gasteiger partial charge is 0.263 e. The summed E-state index contributed by atoms with van der Waals surface area (Å²) in [5, 5.41) is 1.32. The molecule has 0 N–H and O–H groups in total. The Balaban J connectivity index is 1.54. The molecule has 9 heteroatoms. The van der Waals surface area contributed by atoms with Crippen molar-refractivity contribution in [1.29, 1.82) is 0 Å². The van der Waals surface area contributed by atoms with Gasteiger partial charge in [0, 0.05) is 24.5 Å². The van der Waals surface area contributed by atoms with Crippen molar-refractivity contribution in [2.45, 2.75) is 57.3 Å². The van der Waals surface area contributed by atoms with Crippen LogP contribution in [0.2, 0.25) is 0 Å². The molecule has 1 fully saturated rings. The second-order valence-corrected chi connectivity index (χ2v) is 10.6. The molecular formula is C24H28FN3O3S2. The van der Waals surface area contributed by atoms with Gasteiger partial charge in [-0.15, -0.1) is 11.3 Å². The number of thiophene rings is 1. The van der Waals surface area contributed by atoms with Crippen LogP contribution < -0.4 is 10.3 Å². The summed E-state index contributed by atoms with van der Waals surface area (Å²) in [5.41, 5.74) is 1.69. The van der Waals surface area contributed by atoms with E-state index < -0.39 is 5.82 Å². The van der Waals surface area contributed by atoms with Crippen LogP contribution in [0.25, 0.3) is 10.2 Å². The fourth-order valence-corrected chi connectivity index (χ4v) is 6.36. The van der Waals surface area contributed by atoms with Crippen molar-refractivity contribution in [3.63, 3.8) is 0 Å². The van der Waals surface area contributed by atoms with Gasteiger partial charge in [0.1, 0.15) is 4.83 Å². The first-order valence-corrected chi connectivity index (χ1v) is 12.8. The molecule has 3 aromatic rings. The minimum absolute atomic E-state index is 0.00533. The zero-order valence-corrected chi connectivity index (χ0v) is 20.9. The van der Waals surface area contributed by atoms with Gasteiger partial charge in [-0.05, 0) is 49.9 Å². The summed E-state index contributed by atoms with van der Waals surface area (Å²) in [7, 11) is 3.11. The number of rotatable bonds is 7. The molecule has 0 spiro atoms. The molecule has 0 saturated heterocycles. The number of hydrogen-bond donors (Lipinski definition) is 0. The van der Waals surface area contributed by atoms with Crippen molar-refractivity contribution >= 4 is 39.2 Å². The second-order valence-electron chi connectivity index (χ2n) is 8.48. The lowest BCUT2D eigenvalue weighted by atomic mass is 10.2. The first-order valence-electron chi connectivity index (χ1n) is 11.0. The Labute approximate surface area is 200 Å². The summed E-state index contributed by atoms with van der Waals surface area (Å²) in [6.45, 7) is 4.27. The van der Waals surface area contributed by atoms with Gasteiger partial charge in [0.05, 0.1) is 18.2 Å². The van der Waals surface area contributed by atoms with E-state index >= 15 is 0 Å². The number of nitrogens with zero attached hydrogens (tertiary/aromatic N) is 3. The zero-order chi connectivity index (χ0) is 23.7. The molecule has 1 amide bonds. The van der Waals surface area contributed by atoms with E-state index in [-0.39, 0.29) is 35.6 Å². The Hall–Kier alpha value is -2.39. The number of carbonyl (C=O) groups excluding carboxylic acids is 1. The predicted octanol–water partition coefficient (Wildman–Crippen LogP) is 5.09. The van der Waals surface area contributed by atoms with Crippen LogP contribution in [0.3, 0.4) is 0 Å². The number of halogens is 1. The molecule has 33 heavy (non-hydrogen) atoms. The summed E-state index contributed by atoms with van der Waals surface area (Å²) in [4.78, 5) is 34.5. The normalized spacial score (nSPS) is 14.2.